The number of ether oxygens (including phenoxy) is 1. The van der Waals surface area contributed by atoms with Gasteiger partial charge in [0.1, 0.15) is 5.75 Å². The second-order valence-corrected chi connectivity index (χ2v) is 4.50. The molecular formula is C15H17N3O2. The van der Waals surface area contributed by atoms with Crippen molar-refractivity contribution < 1.29 is 9.53 Å². The minimum Gasteiger partial charge on any atom is -0.494 e. The van der Waals surface area contributed by atoms with Crippen molar-refractivity contribution in [1.82, 2.24) is 4.98 Å². The zero-order valence-corrected chi connectivity index (χ0v) is 11.7. The summed E-state index contributed by atoms with van der Waals surface area (Å²) in [5.41, 5.74) is 8.94. The fourth-order valence-corrected chi connectivity index (χ4v) is 1.93. The zero-order valence-electron chi connectivity index (χ0n) is 11.7. The molecule has 0 saturated heterocycles. The maximum Gasteiger partial charge on any atom is 0.257 e. The fourth-order valence-electron chi connectivity index (χ4n) is 1.93. The summed E-state index contributed by atoms with van der Waals surface area (Å²) in [4.78, 5) is 16.5. The number of nitrogens with zero attached hydrogens (tertiary/aromatic N) is 1. The topological polar surface area (TPSA) is 77.2 Å². The van der Waals surface area contributed by atoms with Gasteiger partial charge in [0.15, 0.2) is 0 Å². The number of hydrogen-bond donors (Lipinski definition) is 2. The van der Waals surface area contributed by atoms with Gasteiger partial charge in [-0.3, -0.25) is 9.78 Å². The van der Waals surface area contributed by atoms with Gasteiger partial charge < -0.3 is 15.8 Å². The number of carbonyl (C=O) groups excluding carboxylic acids is 1. The summed E-state index contributed by atoms with van der Waals surface area (Å²) < 4.78 is 5.20. The number of benzene rings is 1. The van der Waals surface area contributed by atoms with E-state index in [1.54, 1.807) is 24.3 Å². The summed E-state index contributed by atoms with van der Waals surface area (Å²) >= 11 is 0. The lowest BCUT2D eigenvalue weighted by atomic mass is 10.1. The van der Waals surface area contributed by atoms with E-state index in [9.17, 15) is 4.79 Å². The van der Waals surface area contributed by atoms with Crippen molar-refractivity contribution >= 4 is 17.3 Å². The highest BCUT2D eigenvalue weighted by Gasteiger charge is 2.12. The van der Waals surface area contributed by atoms with Gasteiger partial charge in [0.2, 0.25) is 0 Å². The van der Waals surface area contributed by atoms with Crippen molar-refractivity contribution in [3.05, 3.63) is 47.3 Å². The van der Waals surface area contributed by atoms with E-state index in [4.69, 9.17) is 10.5 Å². The first-order chi connectivity index (χ1) is 9.51. The van der Waals surface area contributed by atoms with E-state index in [0.717, 1.165) is 5.69 Å². The van der Waals surface area contributed by atoms with E-state index in [1.807, 2.05) is 19.9 Å². The van der Waals surface area contributed by atoms with Crippen molar-refractivity contribution in [2.45, 2.75) is 13.8 Å². The van der Waals surface area contributed by atoms with Crippen LogP contribution in [0.25, 0.3) is 0 Å². The lowest BCUT2D eigenvalue weighted by Gasteiger charge is -2.12. The number of hydrogen-bond acceptors (Lipinski definition) is 4. The molecule has 104 valence electrons. The minimum atomic E-state index is -0.224. The molecule has 0 spiro atoms. The van der Waals surface area contributed by atoms with E-state index in [1.165, 1.54) is 7.11 Å². The molecule has 5 nitrogen and oxygen atoms in total. The molecular weight excluding hydrogens is 254 g/mol. The van der Waals surface area contributed by atoms with Crippen LogP contribution < -0.4 is 15.8 Å². The first-order valence-corrected chi connectivity index (χ1v) is 6.20. The smallest absolute Gasteiger partial charge is 0.257 e. The molecule has 0 unspecified atom stereocenters. The predicted molar refractivity (Wildman–Crippen MR) is 79.1 cm³/mol. The third kappa shape index (κ3) is 2.88. The molecule has 0 radical (unpaired) electrons. The second-order valence-electron chi connectivity index (χ2n) is 4.50. The summed E-state index contributed by atoms with van der Waals surface area (Å²) in [6.07, 6.45) is 0. The molecule has 0 bridgehead atoms. The van der Waals surface area contributed by atoms with E-state index in [0.29, 0.717) is 28.4 Å². The molecule has 0 aliphatic carbocycles. The summed E-state index contributed by atoms with van der Waals surface area (Å²) in [6.45, 7) is 3.69. The monoisotopic (exact) mass is 271 g/mol. The summed E-state index contributed by atoms with van der Waals surface area (Å²) in [5.74, 6) is 0.300. The number of rotatable bonds is 3. The fraction of sp³-hybridized carbons (Fsp3) is 0.200. The van der Waals surface area contributed by atoms with Crippen molar-refractivity contribution in [2.75, 3.05) is 18.2 Å². The number of nitrogens with two attached hydrogens (primary N) is 1. The molecule has 1 aromatic carbocycles. The molecule has 5 heteroatoms. The molecule has 20 heavy (non-hydrogen) atoms. The Morgan fingerprint density at radius 3 is 2.65 bits per heavy atom. The normalized spacial score (nSPS) is 10.2. The number of pyridine rings is 1. The minimum absolute atomic E-state index is 0.224. The molecule has 2 aromatic rings. The maximum atomic E-state index is 12.3. The number of nitrogens with one attached hydrogen (secondary N) is 1. The molecule has 1 aromatic heterocycles. The molecule has 0 aliphatic heterocycles. The van der Waals surface area contributed by atoms with E-state index >= 15 is 0 Å². The average Bonchev–Trinajstić information content (AvgIpc) is 2.40. The molecule has 2 rings (SSSR count). The lowest BCUT2D eigenvalue weighted by molar-refractivity contribution is 0.102. The predicted octanol–water partition coefficient (Wildman–Crippen LogP) is 2.54. The maximum absolute atomic E-state index is 12.3. The lowest BCUT2D eigenvalue weighted by Crippen LogP contribution is -2.15. The Kier molecular flexibility index (Phi) is 3.89. The zero-order chi connectivity index (χ0) is 14.7. The highest BCUT2D eigenvalue weighted by atomic mass is 16.5. The number of nitrogen functional groups attached to an aromatic ring is 1. The van der Waals surface area contributed by atoms with Gasteiger partial charge in [-0.1, -0.05) is 0 Å². The van der Waals surface area contributed by atoms with Crippen molar-refractivity contribution in [2.24, 2.45) is 0 Å². The van der Waals surface area contributed by atoms with Crippen LogP contribution in [0, 0.1) is 13.8 Å². The SMILES string of the molecule is COc1cc(N)ccc1NC(=O)c1ccc(C)nc1C. The molecule has 3 N–H and O–H groups in total. The van der Waals surface area contributed by atoms with Crippen LogP contribution in [0.15, 0.2) is 30.3 Å². The van der Waals surface area contributed by atoms with Crippen LogP contribution in [0.5, 0.6) is 5.75 Å². The van der Waals surface area contributed by atoms with Crippen molar-refractivity contribution in [3.8, 4) is 5.75 Å². The van der Waals surface area contributed by atoms with Gasteiger partial charge >= 0.3 is 0 Å². The van der Waals surface area contributed by atoms with Gasteiger partial charge in [0.05, 0.1) is 24.1 Å². The Hall–Kier alpha value is -2.56. The van der Waals surface area contributed by atoms with Gasteiger partial charge in [-0.15, -0.1) is 0 Å². The Bertz CT molecular complexity index is 654. The number of amides is 1. The van der Waals surface area contributed by atoms with E-state index in [-0.39, 0.29) is 5.91 Å². The molecule has 1 heterocycles. The largest absolute Gasteiger partial charge is 0.494 e. The quantitative estimate of drug-likeness (QED) is 0.841. The summed E-state index contributed by atoms with van der Waals surface area (Å²) in [7, 11) is 1.53. The summed E-state index contributed by atoms with van der Waals surface area (Å²) in [6, 6.07) is 8.65. The van der Waals surface area contributed by atoms with Crippen LogP contribution in [0.2, 0.25) is 0 Å². The van der Waals surface area contributed by atoms with Gasteiger partial charge in [0, 0.05) is 17.4 Å². The van der Waals surface area contributed by atoms with Crippen molar-refractivity contribution in [3.63, 3.8) is 0 Å². The van der Waals surface area contributed by atoms with E-state index < -0.39 is 0 Å². The van der Waals surface area contributed by atoms with Crippen LogP contribution in [0.1, 0.15) is 21.7 Å². The molecule has 0 fully saturated rings. The van der Waals surface area contributed by atoms with Gasteiger partial charge in [-0.25, -0.2) is 0 Å². The highest BCUT2D eigenvalue weighted by molar-refractivity contribution is 6.05. The standard InChI is InChI=1S/C15H17N3O2/c1-9-4-6-12(10(2)17-9)15(19)18-13-7-5-11(16)8-14(13)20-3/h4-8H,16H2,1-3H3,(H,18,19). The second kappa shape index (κ2) is 5.61. The van der Waals surface area contributed by atoms with Crippen LogP contribution >= 0.6 is 0 Å². The third-order valence-electron chi connectivity index (χ3n) is 2.94. The van der Waals surface area contributed by atoms with Crippen LogP contribution in [-0.2, 0) is 0 Å². The molecule has 0 saturated carbocycles. The number of carbonyl (C=O) groups is 1. The van der Waals surface area contributed by atoms with Gasteiger partial charge in [0.25, 0.3) is 5.91 Å². The number of aromatic nitrogens is 1. The van der Waals surface area contributed by atoms with Crippen LogP contribution in [0.4, 0.5) is 11.4 Å². The first-order valence-electron chi connectivity index (χ1n) is 6.20. The van der Waals surface area contributed by atoms with E-state index in [2.05, 4.69) is 10.3 Å². The number of methoxy groups -OCH3 is 1. The first kappa shape index (κ1) is 13.9. The Morgan fingerprint density at radius 2 is 2.00 bits per heavy atom. The van der Waals surface area contributed by atoms with Gasteiger partial charge in [-0.05, 0) is 38.1 Å². The average molecular weight is 271 g/mol. The van der Waals surface area contributed by atoms with Crippen LogP contribution in [-0.4, -0.2) is 18.0 Å². The van der Waals surface area contributed by atoms with Crippen molar-refractivity contribution in [1.29, 1.82) is 0 Å². The van der Waals surface area contributed by atoms with Gasteiger partial charge in [-0.2, -0.15) is 0 Å². The number of anilines is 2. The Balaban J connectivity index is 2.28. The molecule has 1 amide bonds. The Labute approximate surface area is 117 Å². The molecule has 0 atom stereocenters. The number of aryl methyl sites for hydroxylation is 2. The molecule has 0 aliphatic rings. The Morgan fingerprint density at radius 1 is 1.25 bits per heavy atom. The summed E-state index contributed by atoms with van der Waals surface area (Å²) in [5, 5.41) is 2.81. The van der Waals surface area contributed by atoms with Crippen LogP contribution in [0.3, 0.4) is 0 Å². The highest BCUT2D eigenvalue weighted by Crippen LogP contribution is 2.27. The third-order valence-corrected chi connectivity index (χ3v) is 2.94.